The number of benzene rings is 1. The molecule has 92 valence electrons. The van der Waals surface area contributed by atoms with Crippen molar-refractivity contribution < 1.29 is 9.47 Å². The van der Waals surface area contributed by atoms with Crippen molar-refractivity contribution in [3.8, 4) is 11.5 Å². The lowest BCUT2D eigenvalue weighted by Crippen LogP contribution is -2.19. The minimum absolute atomic E-state index is 0.0134. The summed E-state index contributed by atoms with van der Waals surface area (Å²) in [7, 11) is 0. The minimum Gasteiger partial charge on any atom is -0.454 e. The van der Waals surface area contributed by atoms with Crippen LogP contribution in [0.5, 0.6) is 11.5 Å². The fraction of sp³-hybridized carbons (Fsp3) is 0.538. The maximum atomic E-state index is 6.31. The average Bonchev–Trinajstić information content (AvgIpc) is 2.97. The monoisotopic (exact) mass is 253 g/mol. The summed E-state index contributed by atoms with van der Waals surface area (Å²) >= 11 is 6.27. The van der Waals surface area contributed by atoms with Crippen molar-refractivity contribution in [2.45, 2.75) is 31.7 Å². The molecule has 2 aliphatic rings. The van der Waals surface area contributed by atoms with Gasteiger partial charge >= 0.3 is 0 Å². The Morgan fingerprint density at radius 2 is 1.82 bits per heavy atom. The lowest BCUT2D eigenvalue weighted by Gasteiger charge is -2.20. The number of fused-ring (bicyclic) bond motifs is 1. The van der Waals surface area contributed by atoms with Crippen LogP contribution in [0, 0.1) is 5.92 Å². The standard InChI is InChI=1S/C13H16ClNO2/c14-10-6-12-11(16-7-17-12)5-9(10)13(15)8-3-1-2-4-8/h5-6,8,13H,1-4,7,15H2/t13-/m1/s1. The van der Waals surface area contributed by atoms with E-state index in [0.717, 1.165) is 17.1 Å². The molecule has 2 N–H and O–H groups in total. The van der Waals surface area contributed by atoms with Crippen molar-refractivity contribution in [1.82, 2.24) is 0 Å². The van der Waals surface area contributed by atoms with E-state index < -0.39 is 0 Å². The summed E-state index contributed by atoms with van der Waals surface area (Å²) in [6, 6.07) is 3.77. The van der Waals surface area contributed by atoms with Gasteiger partial charge in [-0.1, -0.05) is 24.4 Å². The molecule has 0 radical (unpaired) electrons. The SMILES string of the molecule is N[C@@H](c1cc2c(cc1Cl)OCO2)C1CCCC1. The third-order valence-electron chi connectivity index (χ3n) is 3.76. The topological polar surface area (TPSA) is 44.5 Å². The maximum absolute atomic E-state index is 6.31. The van der Waals surface area contributed by atoms with Gasteiger partial charge < -0.3 is 15.2 Å². The normalized spacial score (nSPS) is 20.8. The molecular weight excluding hydrogens is 238 g/mol. The molecule has 1 fully saturated rings. The molecule has 0 bridgehead atoms. The van der Waals surface area contributed by atoms with E-state index in [2.05, 4.69) is 0 Å². The highest BCUT2D eigenvalue weighted by molar-refractivity contribution is 6.31. The number of hydrogen-bond donors (Lipinski definition) is 1. The van der Waals surface area contributed by atoms with Crippen LogP contribution < -0.4 is 15.2 Å². The molecule has 0 spiro atoms. The van der Waals surface area contributed by atoms with Gasteiger partial charge in [-0.25, -0.2) is 0 Å². The molecule has 0 saturated heterocycles. The second-order valence-corrected chi connectivity index (χ2v) is 5.20. The molecule has 1 atom stereocenters. The van der Waals surface area contributed by atoms with E-state index in [0.29, 0.717) is 10.9 Å². The molecule has 1 aliphatic carbocycles. The van der Waals surface area contributed by atoms with Crippen LogP contribution in [-0.2, 0) is 0 Å². The average molecular weight is 254 g/mol. The fourth-order valence-electron chi connectivity index (χ4n) is 2.76. The van der Waals surface area contributed by atoms with Crippen LogP contribution in [0.15, 0.2) is 12.1 Å². The number of hydrogen-bond acceptors (Lipinski definition) is 3. The Morgan fingerprint density at radius 3 is 2.53 bits per heavy atom. The number of rotatable bonds is 2. The Morgan fingerprint density at radius 1 is 1.18 bits per heavy atom. The van der Waals surface area contributed by atoms with Crippen molar-refractivity contribution in [3.63, 3.8) is 0 Å². The highest BCUT2D eigenvalue weighted by atomic mass is 35.5. The van der Waals surface area contributed by atoms with Crippen molar-refractivity contribution in [1.29, 1.82) is 0 Å². The van der Waals surface area contributed by atoms with Crippen molar-refractivity contribution >= 4 is 11.6 Å². The predicted octanol–water partition coefficient (Wildman–Crippen LogP) is 3.26. The third-order valence-corrected chi connectivity index (χ3v) is 4.09. The van der Waals surface area contributed by atoms with E-state index in [1.165, 1.54) is 25.7 Å². The van der Waals surface area contributed by atoms with Gasteiger partial charge in [0.15, 0.2) is 11.5 Å². The summed E-state index contributed by atoms with van der Waals surface area (Å²) in [5.41, 5.74) is 7.30. The molecule has 1 aliphatic heterocycles. The molecular formula is C13H16ClNO2. The van der Waals surface area contributed by atoms with Gasteiger partial charge in [0, 0.05) is 17.1 Å². The van der Waals surface area contributed by atoms with E-state index in [4.69, 9.17) is 26.8 Å². The van der Waals surface area contributed by atoms with Crippen LogP contribution >= 0.6 is 11.6 Å². The number of halogens is 1. The highest BCUT2D eigenvalue weighted by Gasteiger charge is 2.27. The van der Waals surface area contributed by atoms with Gasteiger partial charge in [-0.2, -0.15) is 0 Å². The van der Waals surface area contributed by atoms with E-state index in [-0.39, 0.29) is 12.8 Å². The summed E-state index contributed by atoms with van der Waals surface area (Å²) in [4.78, 5) is 0. The second-order valence-electron chi connectivity index (χ2n) is 4.80. The third kappa shape index (κ3) is 1.98. The zero-order chi connectivity index (χ0) is 11.8. The van der Waals surface area contributed by atoms with Gasteiger partial charge in [0.2, 0.25) is 6.79 Å². The van der Waals surface area contributed by atoms with Crippen molar-refractivity contribution in [3.05, 3.63) is 22.7 Å². The Kier molecular flexibility index (Phi) is 2.89. The van der Waals surface area contributed by atoms with E-state index >= 15 is 0 Å². The first-order valence-electron chi connectivity index (χ1n) is 6.10. The van der Waals surface area contributed by atoms with Crippen molar-refractivity contribution in [2.24, 2.45) is 11.7 Å². The quantitative estimate of drug-likeness (QED) is 0.880. The molecule has 0 unspecified atom stereocenters. The zero-order valence-corrected chi connectivity index (χ0v) is 10.4. The number of nitrogens with two attached hydrogens (primary N) is 1. The van der Waals surface area contributed by atoms with Crippen LogP contribution in [0.4, 0.5) is 0 Å². The van der Waals surface area contributed by atoms with Gasteiger partial charge in [0.05, 0.1) is 0 Å². The predicted molar refractivity (Wildman–Crippen MR) is 66.5 cm³/mol. The Hall–Kier alpha value is -0.930. The highest BCUT2D eigenvalue weighted by Crippen LogP contribution is 2.42. The van der Waals surface area contributed by atoms with Crippen LogP contribution in [-0.4, -0.2) is 6.79 Å². The van der Waals surface area contributed by atoms with Crippen LogP contribution in [0.2, 0.25) is 5.02 Å². The minimum atomic E-state index is 0.0134. The summed E-state index contributed by atoms with van der Waals surface area (Å²) in [5, 5.41) is 0.689. The van der Waals surface area contributed by atoms with Crippen LogP contribution in [0.3, 0.4) is 0 Å². The lowest BCUT2D eigenvalue weighted by molar-refractivity contribution is 0.174. The second kappa shape index (κ2) is 4.39. The van der Waals surface area contributed by atoms with Gasteiger partial charge in [-0.05, 0) is 30.4 Å². The first kappa shape index (κ1) is 11.2. The Labute approximate surface area is 106 Å². The van der Waals surface area contributed by atoms with Crippen LogP contribution in [0.1, 0.15) is 37.3 Å². The van der Waals surface area contributed by atoms with Gasteiger partial charge in [-0.3, -0.25) is 0 Å². The van der Waals surface area contributed by atoms with Gasteiger partial charge in [0.1, 0.15) is 0 Å². The van der Waals surface area contributed by atoms with E-state index in [9.17, 15) is 0 Å². The molecule has 17 heavy (non-hydrogen) atoms. The smallest absolute Gasteiger partial charge is 0.231 e. The largest absolute Gasteiger partial charge is 0.454 e. The molecule has 4 heteroatoms. The number of ether oxygens (including phenoxy) is 2. The molecule has 1 aromatic carbocycles. The molecule has 0 aromatic heterocycles. The first-order chi connectivity index (χ1) is 8.25. The van der Waals surface area contributed by atoms with E-state index in [1.807, 2.05) is 12.1 Å². The van der Waals surface area contributed by atoms with Crippen molar-refractivity contribution in [2.75, 3.05) is 6.79 Å². The van der Waals surface area contributed by atoms with E-state index in [1.54, 1.807) is 0 Å². The maximum Gasteiger partial charge on any atom is 0.231 e. The summed E-state index contributed by atoms with van der Waals surface area (Å²) in [6.07, 6.45) is 4.96. The van der Waals surface area contributed by atoms with Gasteiger partial charge in [-0.15, -0.1) is 0 Å². The molecule has 1 heterocycles. The Balaban J connectivity index is 1.91. The zero-order valence-electron chi connectivity index (χ0n) is 9.62. The molecule has 3 rings (SSSR count). The summed E-state index contributed by atoms with van der Waals surface area (Å²) < 4.78 is 10.7. The fourth-order valence-corrected chi connectivity index (χ4v) is 3.04. The summed E-state index contributed by atoms with van der Waals surface area (Å²) in [6.45, 7) is 0.272. The molecule has 3 nitrogen and oxygen atoms in total. The molecule has 0 amide bonds. The van der Waals surface area contributed by atoms with Gasteiger partial charge in [0.25, 0.3) is 0 Å². The summed E-state index contributed by atoms with van der Waals surface area (Å²) in [5.74, 6) is 2.03. The first-order valence-corrected chi connectivity index (χ1v) is 6.48. The Bertz CT molecular complexity index is 430. The molecule has 1 saturated carbocycles. The van der Waals surface area contributed by atoms with Crippen LogP contribution in [0.25, 0.3) is 0 Å². The lowest BCUT2D eigenvalue weighted by atomic mass is 9.92. The molecule has 1 aromatic rings.